The van der Waals surface area contributed by atoms with Crippen LogP contribution in [0.2, 0.25) is 0 Å². The van der Waals surface area contributed by atoms with E-state index in [4.69, 9.17) is 34.4 Å². The summed E-state index contributed by atoms with van der Waals surface area (Å²) in [5, 5.41) is 0. The predicted octanol–water partition coefficient (Wildman–Crippen LogP) is 2.42. The first-order valence-corrected chi connectivity index (χ1v) is 17.6. The number of unbranched alkanes of at least 4 members (excludes halogenated alkanes) is 1. The van der Waals surface area contributed by atoms with E-state index in [1.807, 2.05) is 0 Å². The van der Waals surface area contributed by atoms with Crippen LogP contribution < -0.4 is 34.4 Å². The molecule has 2 rings (SSSR count). The van der Waals surface area contributed by atoms with Crippen molar-refractivity contribution in [3.63, 3.8) is 0 Å². The zero-order valence-corrected chi connectivity index (χ0v) is 30.4. The average Bonchev–Trinajstić information content (AvgIpc) is 3.01. The van der Waals surface area contributed by atoms with Gasteiger partial charge in [0.25, 0.3) is 0 Å². The van der Waals surface area contributed by atoms with Crippen molar-refractivity contribution >= 4 is 10.8 Å². The number of hydrogen-bond donors (Lipinski definition) is 6. The molecule has 2 aromatic rings. The van der Waals surface area contributed by atoms with Crippen molar-refractivity contribution in [2.45, 2.75) is 50.6 Å². The van der Waals surface area contributed by atoms with Gasteiger partial charge in [0.05, 0.1) is 0 Å². The van der Waals surface area contributed by atoms with Crippen LogP contribution in [0.4, 0.5) is 8.78 Å². The first-order chi connectivity index (χ1) is 21.1. The Morgan fingerprint density at radius 2 is 0.778 bits per heavy atom. The molecule has 12 N–H and O–H groups in total. The Morgan fingerprint density at radius 3 is 1.00 bits per heavy atom. The number of rotatable bonds is 20. The van der Waals surface area contributed by atoms with E-state index in [1.54, 1.807) is 36.8 Å². The number of hydrogen-bond acceptors (Lipinski definition) is 9. The molecule has 0 amide bonds. The molecule has 0 aliphatic rings. The molecule has 2 atom stereocenters. The zero-order valence-electron chi connectivity index (χ0n) is 27.3. The minimum Gasteiger partial charge on any atom is -0.330 e. The van der Waals surface area contributed by atoms with Crippen LogP contribution in [0.1, 0.15) is 61.7 Å². The number of nitrogens with two attached hydrogens (primary N) is 6. The fourth-order valence-corrected chi connectivity index (χ4v) is 4.39. The summed E-state index contributed by atoms with van der Waals surface area (Å²) < 4.78 is 35.2. The maximum Gasteiger partial charge on any atom is 2.00 e. The molecule has 2 unspecified atom stereocenters. The molecule has 13 heteroatoms. The Kier molecular flexibility index (Phi) is 30.8. The van der Waals surface area contributed by atoms with Gasteiger partial charge in [0.2, 0.25) is 0 Å². The molecule has 9 nitrogen and oxygen atoms in total. The van der Waals surface area contributed by atoms with Crippen LogP contribution in [0.3, 0.4) is 0 Å². The summed E-state index contributed by atoms with van der Waals surface area (Å²) >= 11 is 0. The molecule has 2 aromatic carbocycles. The normalized spacial score (nSPS) is 12.2. The molecule has 0 saturated heterocycles. The molecule has 0 fully saturated rings. The summed E-state index contributed by atoms with van der Waals surface area (Å²) in [5.74, 6) is -0.636. The fraction of sp³-hybridized carbons (Fsp3) is 0.625. The van der Waals surface area contributed by atoms with Gasteiger partial charge in [-0.25, -0.2) is 8.78 Å². The SMILES string of the molecule is CS(C)=O.NC(c1ccc(F)cc1)C(N)c1ccc(F)cc1.NCCCN(CCCN)CCCCN(CCCN)CCCN.[Pt+2]. The summed E-state index contributed by atoms with van der Waals surface area (Å²) in [6, 6.07) is 10.8. The second kappa shape index (κ2) is 30.2. The van der Waals surface area contributed by atoms with E-state index in [0.717, 1.165) is 102 Å². The monoisotopic (exact) mass is 837 g/mol. The Morgan fingerprint density at radius 1 is 0.556 bits per heavy atom. The third-order valence-electron chi connectivity index (χ3n) is 6.81. The summed E-state index contributed by atoms with van der Waals surface area (Å²) in [6.07, 6.45) is 10.0. The first-order valence-electron chi connectivity index (χ1n) is 15.6. The van der Waals surface area contributed by atoms with Gasteiger partial charge in [0.1, 0.15) is 11.6 Å². The molecule has 0 bridgehead atoms. The summed E-state index contributed by atoms with van der Waals surface area (Å²) in [7, 11) is -0.611. The Hall–Kier alpha value is -1.18. The summed E-state index contributed by atoms with van der Waals surface area (Å²) in [6.45, 7) is 9.78. The van der Waals surface area contributed by atoms with Crippen LogP contribution in [-0.4, -0.2) is 92.0 Å². The third kappa shape index (κ3) is 24.6. The molecular formula is C32H60F2N8OPtS+2. The van der Waals surface area contributed by atoms with Gasteiger partial charge in [-0.2, -0.15) is 0 Å². The van der Waals surface area contributed by atoms with Crippen molar-refractivity contribution in [2.75, 3.05) is 78.0 Å². The Balaban J connectivity index is 0. The van der Waals surface area contributed by atoms with E-state index in [9.17, 15) is 13.0 Å². The minimum absolute atomic E-state index is 0. The minimum atomic E-state index is -0.611. The van der Waals surface area contributed by atoms with Crippen LogP contribution in [0.15, 0.2) is 48.5 Å². The molecular weight excluding hydrogens is 778 g/mol. The molecule has 0 spiro atoms. The van der Waals surface area contributed by atoms with Gasteiger partial charge in [-0.15, -0.1) is 0 Å². The van der Waals surface area contributed by atoms with Gasteiger partial charge in [0, 0.05) is 35.4 Å². The number of halogens is 2. The van der Waals surface area contributed by atoms with Gasteiger partial charge < -0.3 is 44.2 Å². The number of benzene rings is 2. The fourth-order valence-electron chi connectivity index (χ4n) is 4.39. The van der Waals surface area contributed by atoms with Gasteiger partial charge >= 0.3 is 21.1 Å². The van der Waals surface area contributed by atoms with Crippen LogP contribution in [0.5, 0.6) is 0 Å². The van der Waals surface area contributed by atoms with Gasteiger partial charge in [-0.05, 0) is 139 Å². The molecule has 0 radical (unpaired) electrons. The maximum atomic E-state index is 12.8. The smallest absolute Gasteiger partial charge is 0.330 e. The Bertz CT molecular complexity index is 872. The largest absolute Gasteiger partial charge is 2.00 e. The van der Waals surface area contributed by atoms with Gasteiger partial charge in [0.15, 0.2) is 0 Å². The van der Waals surface area contributed by atoms with E-state index in [-0.39, 0.29) is 32.7 Å². The van der Waals surface area contributed by atoms with Crippen LogP contribution in [0.25, 0.3) is 0 Å². The van der Waals surface area contributed by atoms with E-state index >= 15 is 0 Å². The molecule has 0 aliphatic heterocycles. The van der Waals surface area contributed by atoms with Crippen LogP contribution in [-0.2, 0) is 31.9 Å². The van der Waals surface area contributed by atoms with E-state index in [1.165, 1.54) is 37.1 Å². The molecule has 0 saturated carbocycles. The maximum absolute atomic E-state index is 12.8. The van der Waals surface area contributed by atoms with Crippen molar-refractivity contribution in [3.8, 4) is 0 Å². The molecule has 262 valence electrons. The van der Waals surface area contributed by atoms with Crippen molar-refractivity contribution in [1.29, 1.82) is 0 Å². The first kappa shape index (κ1) is 45.9. The molecule has 0 aromatic heterocycles. The summed E-state index contributed by atoms with van der Waals surface area (Å²) in [5.41, 5.74) is 36.0. The zero-order chi connectivity index (χ0) is 33.2. The molecule has 0 aliphatic carbocycles. The van der Waals surface area contributed by atoms with Crippen molar-refractivity contribution < 1.29 is 34.1 Å². The van der Waals surface area contributed by atoms with Gasteiger partial charge in [-0.3, -0.25) is 4.21 Å². The predicted molar refractivity (Wildman–Crippen MR) is 183 cm³/mol. The van der Waals surface area contributed by atoms with E-state index in [2.05, 4.69) is 9.80 Å². The Labute approximate surface area is 287 Å². The molecule has 45 heavy (non-hydrogen) atoms. The van der Waals surface area contributed by atoms with Crippen LogP contribution >= 0.6 is 0 Å². The van der Waals surface area contributed by atoms with Crippen molar-refractivity contribution in [3.05, 3.63) is 71.3 Å². The van der Waals surface area contributed by atoms with Gasteiger partial charge in [-0.1, -0.05) is 24.3 Å². The number of nitrogens with zero attached hydrogens (tertiary/aromatic N) is 2. The average molecular weight is 838 g/mol. The molecule has 0 heterocycles. The standard InChI is InChI=1S/C16H40N6.C14H14F2N2.C2H6OS.Pt/c17-7-3-13-21(14-4-8-18)11-1-2-12-22(15-5-9-19)16-6-10-20;15-11-5-1-9(2-6-11)13(17)14(18)10-3-7-12(16)8-4-10;1-4(2)3;/h1-20H2;1-8,13-14H,17-18H2;1-2H3;/q;;;+2. The van der Waals surface area contributed by atoms with Crippen LogP contribution in [0, 0.1) is 11.6 Å². The second-order valence-corrected chi connectivity index (χ2v) is 12.3. The second-order valence-electron chi connectivity index (χ2n) is 10.9. The summed E-state index contributed by atoms with van der Waals surface area (Å²) in [4.78, 5) is 5.01. The van der Waals surface area contributed by atoms with E-state index < -0.39 is 22.9 Å². The quantitative estimate of drug-likeness (QED) is 0.109. The topological polar surface area (TPSA) is 180 Å². The van der Waals surface area contributed by atoms with Crippen molar-refractivity contribution in [1.82, 2.24) is 9.80 Å². The van der Waals surface area contributed by atoms with E-state index in [0.29, 0.717) is 0 Å². The van der Waals surface area contributed by atoms with Crippen molar-refractivity contribution in [2.24, 2.45) is 34.4 Å². The third-order valence-corrected chi connectivity index (χ3v) is 6.81.